The molecule has 3 nitrogen and oxygen atoms in total. The number of rotatable bonds is 4. The molecule has 0 saturated heterocycles. The lowest BCUT2D eigenvalue weighted by molar-refractivity contribution is 0.0697. The zero-order valence-corrected chi connectivity index (χ0v) is 10.3. The van der Waals surface area contributed by atoms with Gasteiger partial charge in [-0.25, -0.2) is 4.79 Å². The molecule has 1 aromatic heterocycles. The van der Waals surface area contributed by atoms with Gasteiger partial charge >= 0.3 is 5.97 Å². The largest absolute Gasteiger partial charge is 0.487 e. The molecule has 0 saturated carbocycles. The van der Waals surface area contributed by atoms with Crippen molar-refractivity contribution in [3.8, 4) is 5.75 Å². The fourth-order valence-corrected chi connectivity index (χ4v) is 2.18. The Labute approximate surface area is 107 Å². The normalized spacial score (nSPS) is 10.2. The highest BCUT2D eigenvalue weighted by Crippen LogP contribution is 2.26. The summed E-state index contributed by atoms with van der Waals surface area (Å²) in [6, 6.07) is 6.38. The van der Waals surface area contributed by atoms with Gasteiger partial charge < -0.3 is 9.84 Å². The Morgan fingerprint density at radius 3 is 2.82 bits per heavy atom. The first-order valence-electron chi connectivity index (χ1n) is 4.83. The van der Waals surface area contributed by atoms with E-state index in [2.05, 4.69) is 0 Å². The van der Waals surface area contributed by atoms with Crippen LogP contribution in [-0.4, -0.2) is 11.1 Å². The van der Waals surface area contributed by atoms with Gasteiger partial charge in [-0.15, -0.1) is 0 Å². The van der Waals surface area contributed by atoms with E-state index in [0.717, 1.165) is 5.56 Å². The Bertz CT molecular complexity index is 523. The molecular weight excluding hydrogens is 260 g/mol. The van der Waals surface area contributed by atoms with Crippen molar-refractivity contribution in [2.45, 2.75) is 6.61 Å². The number of carboxylic acid groups (broad SMARTS) is 1. The smallest absolute Gasteiger partial charge is 0.335 e. The Balaban J connectivity index is 2.09. The lowest BCUT2D eigenvalue weighted by Crippen LogP contribution is -1.98. The summed E-state index contributed by atoms with van der Waals surface area (Å²) in [6.07, 6.45) is 0. The molecule has 1 heterocycles. The summed E-state index contributed by atoms with van der Waals surface area (Å²) in [5.74, 6) is -0.515. The third kappa shape index (κ3) is 2.99. The molecule has 0 aliphatic rings. The molecule has 0 amide bonds. The number of thiophene rings is 1. The SMILES string of the molecule is O=C(O)c1ccc(OCc2ccsc2)c(Cl)c1. The van der Waals surface area contributed by atoms with Crippen molar-refractivity contribution in [2.24, 2.45) is 0 Å². The second kappa shape index (κ2) is 5.21. The number of carboxylic acids is 1. The van der Waals surface area contributed by atoms with Gasteiger partial charge in [0.1, 0.15) is 12.4 Å². The number of benzene rings is 1. The second-order valence-electron chi connectivity index (χ2n) is 3.37. The summed E-state index contributed by atoms with van der Waals surface area (Å²) in [6.45, 7) is 0.426. The minimum Gasteiger partial charge on any atom is -0.487 e. The molecular formula is C12H9ClO3S. The van der Waals surface area contributed by atoms with E-state index in [9.17, 15) is 4.79 Å². The molecule has 5 heteroatoms. The Hall–Kier alpha value is -1.52. The molecule has 1 aromatic carbocycles. The molecule has 0 fully saturated rings. The van der Waals surface area contributed by atoms with Gasteiger partial charge in [0.2, 0.25) is 0 Å². The lowest BCUT2D eigenvalue weighted by Gasteiger charge is -2.07. The zero-order chi connectivity index (χ0) is 12.3. The maximum atomic E-state index is 10.7. The molecule has 2 rings (SSSR count). The van der Waals surface area contributed by atoms with E-state index in [4.69, 9.17) is 21.4 Å². The van der Waals surface area contributed by atoms with Gasteiger partial charge in [0.05, 0.1) is 10.6 Å². The van der Waals surface area contributed by atoms with Crippen molar-refractivity contribution in [1.82, 2.24) is 0 Å². The highest BCUT2D eigenvalue weighted by Gasteiger charge is 2.08. The predicted molar refractivity (Wildman–Crippen MR) is 67.1 cm³/mol. The van der Waals surface area contributed by atoms with Crippen LogP contribution >= 0.6 is 22.9 Å². The molecule has 0 aliphatic carbocycles. The molecule has 2 aromatic rings. The van der Waals surface area contributed by atoms with Crippen molar-refractivity contribution >= 4 is 28.9 Å². The summed E-state index contributed by atoms with van der Waals surface area (Å²) >= 11 is 7.52. The van der Waals surface area contributed by atoms with Gasteiger partial charge in [-0.2, -0.15) is 11.3 Å². The van der Waals surface area contributed by atoms with E-state index in [1.807, 2.05) is 16.8 Å². The van der Waals surface area contributed by atoms with Crippen molar-refractivity contribution < 1.29 is 14.6 Å². The quantitative estimate of drug-likeness (QED) is 0.920. The molecule has 0 unspecified atom stereocenters. The number of carbonyl (C=O) groups is 1. The van der Waals surface area contributed by atoms with E-state index >= 15 is 0 Å². The van der Waals surface area contributed by atoms with Crippen molar-refractivity contribution in [3.05, 3.63) is 51.2 Å². The number of hydrogen-bond acceptors (Lipinski definition) is 3. The standard InChI is InChI=1S/C12H9ClO3S/c13-10-5-9(12(14)15)1-2-11(10)16-6-8-3-4-17-7-8/h1-5,7H,6H2,(H,14,15). The van der Waals surface area contributed by atoms with E-state index in [0.29, 0.717) is 17.4 Å². The first kappa shape index (κ1) is 12.0. The van der Waals surface area contributed by atoms with E-state index in [1.54, 1.807) is 17.4 Å². The van der Waals surface area contributed by atoms with Crippen LogP contribution < -0.4 is 4.74 Å². The van der Waals surface area contributed by atoms with Crippen LogP contribution in [0.25, 0.3) is 0 Å². The number of aromatic carboxylic acids is 1. The summed E-state index contributed by atoms with van der Waals surface area (Å²) in [4.78, 5) is 10.7. The molecule has 88 valence electrons. The van der Waals surface area contributed by atoms with Gasteiger partial charge in [-0.3, -0.25) is 0 Å². The minimum atomic E-state index is -1.00. The molecule has 0 radical (unpaired) electrons. The van der Waals surface area contributed by atoms with E-state index < -0.39 is 5.97 Å². The number of halogens is 1. The topological polar surface area (TPSA) is 46.5 Å². The van der Waals surface area contributed by atoms with E-state index in [1.165, 1.54) is 12.1 Å². The highest BCUT2D eigenvalue weighted by atomic mass is 35.5. The highest BCUT2D eigenvalue weighted by molar-refractivity contribution is 7.07. The van der Waals surface area contributed by atoms with Gasteiger partial charge in [0.15, 0.2) is 0 Å². The minimum absolute atomic E-state index is 0.151. The molecule has 0 atom stereocenters. The van der Waals surface area contributed by atoms with Crippen LogP contribution in [0.2, 0.25) is 5.02 Å². The monoisotopic (exact) mass is 268 g/mol. The number of hydrogen-bond donors (Lipinski definition) is 1. The summed E-state index contributed by atoms with van der Waals surface area (Å²) < 4.78 is 5.50. The fraction of sp³-hybridized carbons (Fsp3) is 0.0833. The van der Waals surface area contributed by atoms with Gasteiger partial charge in [-0.05, 0) is 40.6 Å². The van der Waals surface area contributed by atoms with Crippen LogP contribution in [0.5, 0.6) is 5.75 Å². The first-order chi connectivity index (χ1) is 8.16. The van der Waals surface area contributed by atoms with Gasteiger partial charge in [0, 0.05) is 0 Å². The van der Waals surface area contributed by atoms with Crippen LogP contribution in [0.4, 0.5) is 0 Å². The van der Waals surface area contributed by atoms with Crippen molar-refractivity contribution in [1.29, 1.82) is 0 Å². The first-order valence-corrected chi connectivity index (χ1v) is 6.15. The lowest BCUT2D eigenvalue weighted by atomic mass is 10.2. The van der Waals surface area contributed by atoms with E-state index in [-0.39, 0.29) is 5.56 Å². The van der Waals surface area contributed by atoms with Crippen LogP contribution in [0, 0.1) is 0 Å². The molecule has 1 N–H and O–H groups in total. The van der Waals surface area contributed by atoms with Gasteiger partial charge in [-0.1, -0.05) is 11.6 Å². The Morgan fingerprint density at radius 1 is 1.41 bits per heavy atom. The number of ether oxygens (including phenoxy) is 1. The molecule has 0 aliphatic heterocycles. The van der Waals surface area contributed by atoms with Crippen LogP contribution in [-0.2, 0) is 6.61 Å². The van der Waals surface area contributed by atoms with Crippen molar-refractivity contribution in [2.75, 3.05) is 0 Å². The second-order valence-corrected chi connectivity index (χ2v) is 4.56. The summed E-state index contributed by atoms with van der Waals surface area (Å²) in [7, 11) is 0. The van der Waals surface area contributed by atoms with Crippen LogP contribution in [0.1, 0.15) is 15.9 Å². The maximum absolute atomic E-state index is 10.7. The van der Waals surface area contributed by atoms with Gasteiger partial charge in [0.25, 0.3) is 0 Å². The Morgan fingerprint density at radius 2 is 2.24 bits per heavy atom. The average Bonchev–Trinajstić information content (AvgIpc) is 2.80. The Kier molecular flexibility index (Phi) is 3.66. The zero-order valence-electron chi connectivity index (χ0n) is 8.72. The molecule has 17 heavy (non-hydrogen) atoms. The van der Waals surface area contributed by atoms with Crippen molar-refractivity contribution in [3.63, 3.8) is 0 Å². The summed E-state index contributed by atoms with van der Waals surface area (Å²) in [5, 5.41) is 13.0. The third-order valence-corrected chi connectivity index (χ3v) is 3.18. The average molecular weight is 269 g/mol. The molecule has 0 spiro atoms. The molecule has 0 bridgehead atoms. The third-order valence-electron chi connectivity index (χ3n) is 2.15. The van der Waals surface area contributed by atoms with Crippen LogP contribution in [0.15, 0.2) is 35.0 Å². The maximum Gasteiger partial charge on any atom is 0.335 e. The van der Waals surface area contributed by atoms with Crippen LogP contribution in [0.3, 0.4) is 0 Å². The fourth-order valence-electron chi connectivity index (χ4n) is 1.29. The summed E-state index contributed by atoms with van der Waals surface area (Å²) in [5.41, 5.74) is 1.21. The predicted octanol–water partition coefficient (Wildman–Crippen LogP) is 3.68.